The highest BCUT2D eigenvalue weighted by Gasteiger charge is 2.40. The minimum absolute atomic E-state index is 0.0859. The minimum Gasteiger partial charge on any atom is -0.295 e. The molecule has 0 aromatic carbocycles. The minimum atomic E-state index is -0.144. The van der Waals surface area contributed by atoms with Gasteiger partial charge >= 0.3 is 0 Å². The van der Waals surface area contributed by atoms with Gasteiger partial charge in [0.1, 0.15) is 0 Å². The van der Waals surface area contributed by atoms with Crippen molar-refractivity contribution < 1.29 is 9.59 Å². The first kappa shape index (κ1) is 8.92. The lowest BCUT2D eigenvalue weighted by molar-refractivity contribution is -0.133. The number of carbonyl (C=O) groups is 2. The van der Waals surface area contributed by atoms with Gasteiger partial charge in [0.15, 0.2) is 12.1 Å². The molecule has 2 aliphatic carbocycles. The van der Waals surface area contributed by atoms with E-state index in [1.54, 1.807) is 0 Å². The molecule has 72 valence electrons. The Bertz CT molecular complexity index is 222. The van der Waals surface area contributed by atoms with E-state index in [-0.39, 0.29) is 11.7 Å². The third-order valence-electron chi connectivity index (χ3n) is 3.81. The lowest BCUT2D eigenvalue weighted by atomic mass is 9.77. The summed E-state index contributed by atoms with van der Waals surface area (Å²) in [5.74, 6) is 1.24. The number of carbonyl (C=O) groups excluding carboxylic acids is 2. The molecule has 0 bridgehead atoms. The first-order valence-electron chi connectivity index (χ1n) is 5.32. The van der Waals surface area contributed by atoms with Gasteiger partial charge in [-0.05, 0) is 31.1 Å². The largest absolute Gasteiger partial charge is 0.295 e. The van der Waals surface area contributed by atoms with Gasteiger partial charge < -0.3 is 0 Å². The molecule has 2 rings (SSSR count). The zero-order chi connectivity index (χ0) is 9.26. The summed E-state index contributed by atoms with van der Waals surface area (Å²) in [5.41, 5.74) is 0. The van der Waals surface area contributed by atoms with Crippen molar-refractivity contribution in [2.45, 2.75) is 38.5 Å². The number of ketones is 1. The molecule has 0 heterocycles. The highest BCUT2D eigenvalue weighted by molar-refractivity contribution is 6.26. The van der Waals surface area contributed by atoms with Crippen LogP contribution in [0.2, 0.25) is 0 Å². The summed E-state index contributed by atoms with van der Waals surface area (Å²) in [6, 6.07) is 0. The second-order valence-electron chi connectivity index (χ2n) is 4.41. The van der Waals surface area contributed by atoms with Crippen molar-refractivity contribution >= 4 is 12.1 Å². The summed E-state index contributed by atoms with van der Waals surface area (Å²) in [5, 5.41) is 0. The van der Waals surface area contributed by atoms with Crippen LogP contribution in [-0.4, -0.2) is 12.1 Å². The van der Waals surface area contributed by atoms with Crippen molar-refractivity contribution in [1.29, 1.82) is 0 Å². The van der Waals surface area contributed by atoms with Gasteiger partial charge in [-0.1, -0.05) is 19.3 Å². The summed E-state index contributed by atoms with van der Waals surface area (Å²) < 4.78 is 0. The average Bonchev–Trinajstić information content (AvgIpc) is 2.60. The van der Waals surface area contributed by atoms with Crippen LogP contribution in [0.4, 0.5) is 0 Å². The molecule has 0 saturated heterocycles. The molecular formula is C11H16O2. The molecule has 0 radical (unpaired) electrons. The standard InChI is InChI=1S/C11H16O2/c12-7-11(13)10-6-5-8-3-1-2-4-9(8)10/h7-10H,1-6H2. The van der Waals surface area contributed by atoms with Crippen LogP contribution in [0, 0.1) is 17.8 Å². The third-order valence-corrected chi connectivity index (χ3v) is 3.81. The van der Waals surface area contributed by atoms with Gasteiger partial charge in [0, 0.05) is 5.92 Å². The average molecular weight is 180 g/mol. The van der Waals surface area contributed by atoms with Gasteiger partial charge in [0.05, 0.1) is 0 Å². The number of fused-ring (bicyclic) bond motifs is 1. The van der Waals surface area contributed by atoms with E-state index < -0.39 is 0 Å². The molecule has 0 aromatic rings. The molecule has 2 heteroatoms. The summed E-state index contributed by atoms with van der Waals surface area (Å²) in [4.78, 5) is 21.7. The van der Waals surface area contributed by atoms with E-state index in [0.717, 1.165) is 12.3 Å². The summed E-state index contributed by atoms with van der Waals surface area (Å²) in [6.45, 7) is 0. The van der Waals surface area contributed by atoms with Gasteiger partial charge in [-0.25, -0.2) is 0 Å². The number of Topliss-reactive ketones (excluding diaryl/α,β-unsaturated/α-hetero) is 1. The highest BCUT2D eigenvalue weighted by atomic mass is 16.2. The van der Waals surface area contributed by atoms with Crippen LogP contribution in [0.3, 0.4) is 0 Å². The monoisotopic (exact) mass is 180 g/mol. The number of hydrogen-bond donors (Lipinski definition) is 0. The molecule has 0 aliphatic heterocycles. The first-order valence-corrected chi connectivity index (χ1v) is 5.32. The van der Waals surface area contributed by atoms with Crippen molar-refractivity contribution in [3.63, 3.8) is 0 Å². The molecule has 2 aliphatic rings. The van der Waals surface area contributed by atoms with Gasteiger partial charge in [-0.15, -0.1) is 0 Å². The van der Waals surface area contributed by atoms with Crippen LogP contribution in [0.15, 0.2) is 0 Å². The van der Waals surface area contributed by atoms with E-state index in [1.165, 1.54) is 32.1 Å². The fraction of sp³-hybridized carbons (Fsp3) is 0.818. The van der Waals surface area contributed by atoms with E-state index >= 15 is 0 Å². The van der Waals surface area contributed by atoms with Crippen LogP contribution in [0.1, 0.15) is 38.5 Å². The second kappa shape index (κ2) is 3.60. The van der Waals surface area contributed by atoms with Gasteiger partial charge in [-0.2, -0.15) is 0 Å². The van der Waals surface area contributed by atoms with Crippen LogP contribution < -0.4 is 0 Å². The van der Waals surface area contributed by atoms with E-state index in [2.05, 4.69) is 0 Å². The molecule has 0 N–H and O–H groups in total. The van der Waals surface area contributed by atoms with Crippen LogP contribution in [0.25, 0.3) is 0 Å². The quantitative estimate of drug-likeness (QED) is 0.481. The third kappa shape index (κ3) is 1.54. The van der Waals surface area contributed by atoms with E-state index in [4.69, 9.17) is 0 Å². The Labute approximate surface area is 78.7 Å². The fourth-order valence-corrected chi connectivity index (χ4v) is 3.17. The van der Waals surface area contributed by atoms with E-state index in [0.29, 0.717) is 12.2 Å². The summed E-state index contributed by atoms with van der Waals surface area (Å²) >= 11 is 0. The topological polar surface area (TPSA) is 34.1 Å². The Morgan fingerprint density at radius 2 is 1.85 bits per heavy atom. The van der Waals surface area contributed by atoms with Gasteiger partial charge in [-0.3, -0.25) is 9.59 Å². The molecule has 0 amide bonds. The van der Waals surface area contributed by atoms with E-state index in [9.17, 15) is 9.59 Å². The number of aldehydes is 1. The van der Waals surface area contributed by atoms with Crippen molar-refractivity contribution in [3.05, 3.63) is 0 Å². The SMILES string of the molecule is O=CC(=O)C1CCC2CCCCC21. The molecule has 3 unspecified atom stereocenters. The summed E-state index contributed by atoms with van der Waals surface area (Å²) in [7, 11) is 0. The zero-order valence-corrected chi connectivity index (χ0v) is 7.87. The maximum absolute atomic E-state index is 11.3. The maximum atomic E-state index is 11.3. The van der Waals surface area contributed by atoms with Crippen molar-refractivity contribution in [1.82, 2.24) is 0 Å². The Morgan fingerprint density at radius 1 is 1.08 bits per heavy atom. The van der Waals surface area contributed by atoms with Crippen molar-refractivity contribution in [2.24, 2.45) is 17.8 Å². The predicted molar refractivity (Wildman–Crippen MR) is 49.2 cm³/mol. The van der Waals surface area contributed by atoms with Crippen LogP contribution in [0.5, 0.6) is 0 Å². The molecule has 2 fully saturated rings. The number of hydrogen-bond acceptors (Lipinski definition) is 2. The molecule has 2 nitrogen and oxygen atoms in total. The molecule has 0 spiro atoms. The smallest absolute Gasteiger partial charge is 0.198 e. The maximum Gasteiger partial charge on any atom is 0.198 e. The molecule has 0 aromatic heterocycles. The Hall–Kier alpha value is -0.660. The molecular weight excluding hydrogens is 164 g/mol. The van der Waals surface area contributed by atoms with Gasteiger partial charge in [0.25, 0.3) is 0 Å². The lowest BCUT2D eigenvalue weighted by Crippen LogP contribution is -2.25. The van der Waals surface area contributed by atoms with Crippen LogP contribution in [-0.2, 0) is 9.59 Å². The summed E-state index contributed by atoms with van der Waals surface area (Å²) in [6.07, 6.45) is 7.71. The lowest BCUT2D eigenvalue weighted by Gasteiger charge is -2.27. The zero-order valence-electron chi connectivity index (χ0n) is 7.87. The molecule has 2 saturated carbocycles. The Kier molecular flexibility index (Phi) is 2.47. The first-order chi connectivity index (χ1) is 6.33. The number of rotatable bonds is 2. The van der Waals surface area contributed by atoms with Crippen LogP contribution >= 0.6 is 0 Å². The Morgan fingerprint density at radius 3 is 2.62 bits per heavy atom. The Balaban J connectivity index is 2.06. The fourth-order valence-electron chi connectivity index (χ4n) is 3.17. The van der Waals surface area contributed by atoms with Gasteiger partial charge in [0.2, 0.25) is 0 Å². The molecule has 3 atom stereocenters. The van der Waals surface area contributed by atoms with Crippen molar-refractivity contribution in [3.8, 4) is 0 Å². The predicted octanol–water partition coefficient (Wildman–Crippen LogP) is 1.97. The molecule has 13 heavy (non-hydrogen) atoms. The second-order valence-corrected chi connectivity index (χ2v) is 4.41. The van der Waals surface area contributed by atoms with E-state index in [1.807, 2.05) is 0 Å². The highest BCUT2D eigenvalue weighted by Crippen LogP contribution is 2.45. The normalized spacial score (nSPS) is 38.3. The van der Waals surface area contributed by atoms with Crippen molar-refractivity contribution in [2.75, 3.05) is 0 Å².